The fourth-order valence-corrected chi connectivity index (χ4v) is 7.36. The zero-order valence-electron chi connectivity index (χ0n) is 39.8. The van der Waals surface area contributed by atoms with Crippen molar-refractivity contribution >= 4 is 18.4 Å². The second-order valence-corrected chi connectivity index (χ2v) is 19.8. The van der Waals surface area contributed by atoms with E-state index in [0.29, 0.717) is 27.8 Å². The highest BCUT2D eigenvalue weighted by Gasteiger charge is 2.42. The maximum Gasteiger partial charge on any atom is 0.193 e. The molecule has 60 heavy (non-hydrogen) atoms. The molecule has 3 aromatic carbocycles. The van der Waals surface area contributed by atoms with Crippen LogP contribution in [0.15, 0.2) is 129 Å². The lowest BCUT2D eigenvalue weighted by Crippen LogP contribution is -2.41. The van der Waals surface area contributed by atoms with Crippen LogP contribution in [0.2, 0.25) is 0 Å². The first-order chi connectivity index (χ1) is 27.7. The van der Waals surface area contributed by atoms with Gasteiger partial charge in [0.15, 0.2) is 11.6 Å². The van der Waals surface area contributed by atoms with Gasteiger partial charge in [0, 0.05) is 34.7 Å². The molecular formula is C56H73NO3. The largest absolute Gasteiger partial charge is 0.307 e. The van der Waals surface area contributed by atoms with Crippen LogP contribution in [0.3, 0.4) is 0 Å². The molecule has 0 atom stereocenters. The molecule has 0 saturated heterocycles. The number of carbonyl (C=O) groups excluding carboxylic acids is 3. The predicted octanol–water partition coefficient (Wildman–Crippen LogP) is 14.7. The first kappa shape index (κ1) is 50.9. The van der Waals surface area contributed by atoms with Gasteiger partial charge in [0.2, 0.25) is 0 Å². The number of rotatable bonds is 12. The fourth-order valence-electron chi connectivity index (χ4n) is 7.36. The summed E-state index contributed by atoms with van der Waals surface area (Å²) in [5.74, 6) is -0.235. The number of Topliss-reactive ketones (excluding diaryl/α,β-unsaturated/α-hetero) is 1. The van der Waals surface area contributed by atoms with Crippen LogP contribution in [0.25, 0.3) is 11.1 Å². The van der Waals surface area contributed by atoms with Gasteiger partial charge in [-0.15, -0.1) is 13.2 Å². The van der Waals surface area contributed by atoms with E-state index in [0.717, 1.165) is 16.7 Å². The summed E-state index contributed by atoms with van der Waals surface area (Å²) in [6, 6.07) is 23.0. The molecule has 320 valence electrons. The molecule has 1 heterocycles. The van der Waals surface area contributed by atoms with Gasteiger partial charge < -0.3 is 4.79 Å². The van der Waals surface area contributed by atoms with Crippen molar-refractivity contribution < 1.29 is 14.4 Å². The van der Waals surface area contributed by atoms with E-state index < -0.39 is 5.41 Å². The predicted molar refractivity (Wildman–Crippen MR) is 258 cm³/mol. The number of hydrogen-bond acceptors (Lipinski definition) is 4. The van der Waals surface area contributed by atoms with Crippen molar-refractivity contribution in [1.82, 2.24) is 4.98 Å². The summed E-state index contributed by atoms with van der Waals surface area (Å²) >= 11 is 0. The Morgan fingerprint density at radius 3 is 1.47 bits per heavy atom. The number of benzene rings is 3. The van der Waals surface area contributed by atoms with Crippen molar-refractivity contribution in [1.29, 1.82) is 0 Å². The van der Waals surface area contributed by atoms with E-state index in [2.05, 4.69) is 171 Å². The normalized spacial score (nSPS) is 12.8. The van der Waals surface area contributed by atoms with E-state index in [4.69, 9.17) is 4.79 Å². The summed E-state index contributed by atoms with van der Waals surface area (Å²) in [6.07, 6.45) is 10.4. The van der Waals surface area contributed by atoms with Crippen molar-refractivity contribution in [3.8, 4) is 11.1 Å². The Balaban J connectivity index is 0.00000301. The molecule has 0 bridgehead atoms. The summed E-state index contributed by atoms with van der Waals surface area (Å²) in [5.41, 5.74) is 8.60. The highest BCUT2D eigenvalue weighted by molar-refractivity contribution is 6.17. The molecule has 0 fully saturated rings. The number of pyridine rings is 1. The average molecular weight is 808 g/mol. The minimum absolute atomic E-state index is 0.0109. The van der Waals surface area contributed by atoms with Crippen LogP contribution >= 0.6 is 0 Å². The zero-order valence-corrected chi connectivity index (χ0v) is 39.8. The number of ketones is 2. The summed E-state index contributed by atoms with van der Waals surface area (Å²) < 4.78 is 0. The highest BCUT2D eigenvalue weighted by atomic mass is 16.1. The Morgan fingerprint density at radius 1 is 0.583 bits per heavy atom. The van der Waals surface area contributed by atoms with Crippen LogP contribution in [0, 0.1) is 17.8 Å². The van der Waals surface area contributed by atoms with Gasteiger partial charge in [0.25, 0.3) is 0 Å². The van der Waals surface area contributed by atoms with Crippen LogP contribution in [0.1, 0.15) is 158 Å². The summed E-state index contributed by atoms with van der Waals surface area (Å²) in [5, 5.41) is 0. The fraction of sp³-hybridized carbons (Fsp3) is 0.393. The lowest BCUT2D eigenvalue weighted by molar-refractivity contribution is -0.0980. The van der Waals surface area contributed by atoms with E-state index in [9.17, 15) is 9.59 Å². The molecule has 0 radical (unpaired) electrons. The van der Waals surface area contributed by atoms with Gasteiger partial charge in [0.05, 0.1) is 0 Å². The first-order valence-electron chi connectivity index (χ1n) is 20.9. The maximum atomic E-state index is 14.8. The molecule has 4 heteroatoms. The Morgan fingerprint density at radius 2 is 1.02 bits per heavy atom. The number of carbonyl (C=O) groups is 3. The number of nitrogens with zero attached hydrogens (tertiary/aromatic N) is 1. The SMILES string of the molecule is C=C.C=C/C=C(\C=C/C)C(=O)c1cc(C(C)(C)C(C)(C)c2ccc(C(C)(C)C(C)(C)C)cc2C)ccc1-c1ccc(C(C)(C)C(C)(C)C)cc1C(=O)c1ccncc1.C=O. The summed E-state index contributed by atoms with van der Waals surface area (Å²) in [6.45, 7) is 47.9. The number of allylic oxidation sites excluding steroid dienone is 5. The Kier molecular flexibility index (Phi) is 16.5. The van der Waals surface area contributed by atoms with Crippen LogP contribution in [0.4, 0.5) is 0 Å². The number of aryl methyl sites for hydroxylation is 1. The molecule has 0 saturated carbocycles. The first-order valence-corrected chi connectivity index (χ1v) is 20.9. The number of aromatic nitrogens is 1. The quantitative estimate of drug-likeness (QED) is 0.0619. The van der Waals surface area contributed by atoms with Crippen molar-refractivity contribution in [2.75, 3.05) is 0 Å². The number of hydrogen-bond donors (Lipinski definition) is 0. The van der Waals surface area contributed by atoms with Gasteiger partial charge in [0.1, 0.15) is 6.79 Å². The Hall–Kier alpha value is -5.22. The van der Waals surface area contributed by atoms with Gasteiger partial charge in [-0.3, -0.25) is 14.6 Å². The molecule has 4 nitrogen and oxygen atoms in total. The maximum absolute atomic E-state index is 14.8. The molecule has 0 aliphatic rings. The van der Waals surface area contributed by atoms with Crippen molar-refractivity contribution in [3.05, 3.63) is 173 Å². The van der Waals surface area contributed by atoms with Crippen molar-refractivity contribution in [2.24, 2.45) is 10.8 Å². The average Bonchev–Trinajstić information content (AvgIpc) is 3.20. The van der Waals surface area contributed by atoms with Crippen LogP contribution in [-0.4, -0.2) is 23.3 Å². The molecule has 4 rings (SSSR count). The third kappa shape index (κ3) is 10.0. The van der Waals surface area contributed by atoms with Gasteiger partial charge in [-0.25, -0.2) is 0 Å². The summed E-state index contributed by atoms with van der Waals surface area (Å²) in [4.78, 5) is 41.5. The molecule has 0 spiro atoms. The lowest BCUT2D eigenvalue weighted by atomic mass is 9.59. The van der Waals surface area contributed by atoms with Crippen molar-refractivity contribution in [2.45, 2.75) is 132 Å². The van der Waals surface area contributed by atoms with E-state index >= 15 is 0 Å². The van der Waals surface area contributed by atoms with E-state index in [1.807, 2.05) is 38.0 Å². The minimum Gasteiger partial charge on any atom is -0.307 e. The second kappa shape index (κ2) is 19.4. The molecule has 0 unspecified atom stereocenters. The second-order valence-electron chi connectivity index (χ2n) is 19.8. The van der Waals surface area contributed by atoms with Gasteiger partial charge in [-0.2, -0.15) is 0 Å². The smallest absolute Gasteiger partial charge is 0.193 e. The third-order valence-electron chi connectivity index (χ3n) is 14.0. The molecule has 0 amide bonds. The van der Waals surface area contributed by atoms with Gasteiger partial charge in [-0.05, 0) is 110 Å². The lowest BCUT2D eigenvalue weighted by Gasteiger charge is -2.45. The van der Waals surface area contributed by atoms with Crippen molar-refractivity contribution in [3.63, 3.8) is 0 Å². The molecule has 4 aromatic rings. The molecule has 0 N–H and O–H groups in total. The van der Waals surface area contributed by atoms with Crippen LogP contribution in [-0.2, 0) is 26.5 Å². The standard InChI is InChI=1S/C53H67NO2.C2H4.CH2O/c1-18-20-36(21-19-2)46(55)44-34-40(52(14,15)53(16,17)45-27-24-38(32-35(45)3)50(10,11)48(4,5)6)23-26-42(44)41-25-22-39(51(12,13)49(7,8)9)33-43(41)47(56)37-28-30-54-31-29-37;2*1-2/h18-34H,1H2,2-17H3;1-2H2;1H2/b21-19-,36-20+;;. The molecular weight excluding hydrogens is 735 g/mol. The Labute approximate surface area is 364 Å². The molecule has 0 aliphatic heterocycles. The minimum atomic E-state index is -0.411. The van der Waals surface area contributed by atoms with Gasteiger partial charge in [-0.1, -0.05) is 170 Å². The van der Waals surface area contributed by atoms with Crippen LogP contribution < -0.4 is 0 Å². The zero-order chi connectivity index (χ0) is 46.2. The Bertz CT molecular complexity index is 2210. The highest BCUT2D eigenvalue weighted by Crippen LogP contribution is 2.48. The molecule has 1 aromatic heterocycles. The van der Waals surface area contributed by atoms with Crippen LogP contribution in [0.5, 0.6) is 0 Å². The van der Waals surface area contributed by atoms with E-state index in [-0.39, 0.29) is 38.6 Å². The monoisotopic (exact) mass is 808 g/mol. The van der Waals surface area contributed by atoms with Gasteiger partial charge >= 0.3 is 0 Å². The van der Waals surface area contributed by atoms with E-state index in [1.165, 1.54) is 16.7 Å². The summed E-state index contributed by atoms with van der Waals surface area (Å²) in [7, 11) is 0. The topological polar surface area (TPSA) is 64.1 Å². The molecule has 0 aliphatic carbocycles. The van der Waals surface area contributed by atoms with E-state index in [1.54, 1.807) is 36.7 Å². The third-order valence-corrected chi connectivity index (χ3v) is 14.0.